The highest BCUT2D eigenvalue weighted by molar-refractivity contribution is 6.30. The zero-order valence-corrected chi connectivity index (χ0v) is 11.2. The molecule has 0 aliphatic carbocycles. The lowest BCUT2D eigenvalue weighted by molar-refractivity contribution is -0.138. The minimum absolute atomic E-state index is 0.00555. The van der Waals surface area contributed by atoms with Gasteiger partial charge >= 0.3 is 5.97 Å². The molecule has 104 valence electrons. The molecule has 1 amide bonds. The summed E-state index contributed by atoms with van der Waals surface area (Å²) < 4.78 is 12.9. The van der Waals surface area contributed by atoms with Gasteiger partial charge < -0.3 is 10.4 Å². The molecule has 0 heterocycles. The van der Waals surface area contributed by atoms with Gasteiger partial charge in [-0.2, -0.15) is 0 Å². The number of halogens is 2. The van der Waals surface area contributed by atoms with Crippen LogP contribution in [0.15, 0.2) is 18.2 Å². The van der Waals surface area contributed by atoms with E-state index < -0.39 is 11.8 Å². The summed E-state index contributed by atoms with van der Waals surface area (Å²) in [6.45, 7) is 1.93. The van der Waals surface area contributed by atoms with E-state index in [1.54, 1.807) is 6.92 Å². The van der Waals surface area contributed by atoms with Gasteiger partial charge in [0, 0.05) is 19.4 Å². The van der Waals surface area contributed by atoms with Gasteiger partial charge in [-0.15, -0.1) is 0 Å². The van der Waals surface area contributed by atoms with Crippen molar-refractivity contribution in [3.63, 3.8) is 0 Å². The Labute approximate surface area is 115 Å². The first-order chi connectivity index (χ1) is 8.88. The average molecular weight is 288 g/mol. The first-order valence-electron chi connectivity index (χ1n) is 5.81. The second kappa shape index (κ2) is 7.09. The topological polar surface area (TPSA) is 66.4 Å². The largest absolute Gasteiger partial charge is 0.481 e. The number of carbonyl (C=O) groups is 2. The average Bonchev–Trinajstić information content (AvgIpc) is 2.29. The molecule has 1 rings (SSSR count). The molecule has 0 aliphatic rings. The fourth-order valence-electron chi connectivity index (χ4n) is 1.61. The molecular formula is C13H15ClFNO3. The van der Waals surface area contributed by atoms with Crippen LogP contribution in [0.5, 0.6) is 0 Å². The highest BCUT2D eigenvalue weighted by Gasteiger charge is 2.12. The van der Waals surface area contributed by atoms with Crippen LogP contribution < -0.4 is 5.32 Å². The minimum Gasteiger partial charge on any atom is -0.481 e. The lowest BCUT2D eigenvalue weighted by Crippen LogP contribution is -2.25. The number of rotatable bonds is 6. The third-order valence-corrected chi connectivity index (χ3v) is 2.82. The van der Waals surface area contributed by atoms with Gasteiger partial charge in [0.05, 0.1) is 5.02 Å². The molecule has 1 unspecified atom stereocenters. The van der Waals surface area contributed by atoms with E-state index in [1.165, 1.54) is 18.2 Å². The summed E-state index contributed by atoms with van der Waals surface area (Å²) in [4.78, 5) is 22.0. The van der Waals surface area contributed by atoms with Crippen molar-refractivity contribution in [2.45, 2.75) is 26.3 Å². The van der Waals surface area contributed by atoms with Gasteiger partial charge in [-0.3, -0.25) is 9.59 Å². The van der Waals surface area contributed by atoms with Crippen molar-refractivity contribution in [2.75, 3.05) is 0 Å². The lowest BCUT2D eigenvalue weighted by Gasteiger charge is -2.09. The molecule has 0 spiro atoms. The van der Waals surface area contributed by atoms with E-state index in [1.807, 2.05) is 0 Å². The van der Waals surface area contributed by atoms with Crippen LogP contribution in [0.4, 0.5) is 4.39 Å². The summed E-state index contributed by atoms with van der Waals surface area (Å²) in [5, 5.41) is 11.2. The first-order valence-corrected chi connectivity index (χ1v) is 6.18. The summed E-state index contributed by atoms with van der Waals surface area (Å²) in [5.41, 5.74) is 0.686. The van der Waals surface area contributed by atoms with Crippen LogP contribution in [0, 0.1) is 11.7 Å². The molecule has 0 radical (unpaired) electrons. The number of benzene rings is 1. The fraction of sp³-hybridized carbons (Fsp3) is 0.385. The standard InChI is InChI=1S/C13H15ClFNO3/c1-8(5-13(18)19)4-12(17)16-7-9-2-3-11(15)10(14)6-9/h2-3,6,8H,4-5,7H2,1H3,(H,16,17)(H,18,19). The molecule has 0 aromatic heterocycles. The molecule has 1 atom stereocenters. The SMILES string of the molecule is CC(CC(=O)O)CC(=O)NCc1ccc(F)c(Cl)c1. The van der Waals surface area contributed by atoms with Gasteiger partial charge in [-0.05, 0) is 23.6 Å². The highest BCUT2D eigenvalue weighted by Crippen LogP contribution is 2.16. The number of aliphatic carboxylic acids is 1. The summed E-state index contributed by atoms with van der Waals surface area (Å²) in [5.74, 6) is -1.90. The first kappa shape index (κ1) is 15.4. The van der Waals surface area contributed by atoms with Crippen molar-refractivity contribution in [2.24, 2.45) is 5.92 Å². The summed E-state index contributed by atoms with van der Waals surface area (Å²) in [7, 11) is 0. The molecule has 6 heteroatoms. The van der Waals surface area contributed by atoms with E-state index in [9.17, 15) is 14.0 Å². The van der Waals surface area contributed by atoms with E-state index in [0.717, 1.165) is 0 Å². The Morgan fingerprint density at radius 1 is 1.42 bits per heavy atom. The van der Waals surface area contributed by atoms with Crippen LogP contribution >= 0.6 is 11.6 Å². The quantitative estimate of drug-likeness (QED) is 0.845. The van der Waals surface area contributed by atoms with Crippen molar-refractivity contribution in [1.29, 1.82) is 0 Å². The monoisotopic (exact) mass is 287 g/mol. The summed E-state index contributed by atoms with van der Waals surface area (Å²) >= 11 is 5.62. The van der Waals surface area contributed by atoms with Gasteiger partial charge in [0.2, 0.25) is 5.91 Å². The number of carboxylic acids is 1. The van der Waals surface area contributed by atoms with Gasteiger partial charge in [-0.1, -0.05) is 24.6 Å². The Balaban J connectivity index is 2.41. The molecule has 0 bridgehead atoms. The summed E-state index contributed by atoms with van der Waals surface area (Å²) in [6, 6.07) is 4.21. The molecule has 0 aliphatic heterocycles. The van der Waals surface area contributed by atoms with Crippen LogP contribution in [0.1, 0.15) is 25.3 Å². The minimum atomic E-state index is -0.925. The second-order valence-electron chi connectivity index (χ2n) is 4.43. The molecule has 4 nitrogen and oxygen atoms in total. The van der Waals surface area contributed by atoms with Crippen LogP contribution in [0.3, 0.4) is 0 Å². The molecule has 19 heavy (non-hydrogen) atoms. The van der Waals surface area contributed by atoms with Gasteiger partial charge in [0.1, 0.15) is 5.82 Å². The Hall–Kier alpha value is -1.62. The van der Waals surface area contributed by atoms with Crippen LogP contribution in [-0.2, 0) is 16.1 Å². The number of carbonyl (C=O) groups excluding carboxylic acids is 1. The molecule has 2 N–H and O–H groups in total. The van der Waals surface area contributed by atoms with Crippen molar-refractivity contribution in [3.8, 4) is 0 Å². The molecule has 0 fully saturated rings. The zero-order chi connectivity index (χ0) is 14.4. The fourth-order valence-corrected chi connectivity index (χ4v) is 1.81. The number of nitrogens with one attached hydrogen (secondary N) is 1. The molecule has 1 aromatic carbocycles. The van der Waals surface area contributed by atoms with Gasteiger partial charge in [-0.25, -0.2) is 4.39 Å². The second-order valence-corrected chi connectivity index (χ2v) is 4.84. The molecule has 1 aromatic rings. The Kier molecular flexibility index (Phi) is 5.76. The third-order valence-electron chi connectivity index (χ3n) is 2.53. The Morgan fingerprint density at radius 2 is 2.11 bits per heavy atom. The predicted octanol–water partition coefficient (Wildman–Crippen LogP) is 2.60. The predicted molar refractivity (Wildman–Crippen MR) is 69.3 cm³/mol. The van der Waals surface area contributed by atoms with Gasteiger partial charge in [0.15, 0.2) is 0 Å². The van der Waals surface area contributed by atoms with E-state index in [2.05, 4.69) is 5.32 Å². The van der Waals surface area contributed by atoms with E-state index in [-0.39, 0.29) is 36.2 Å². The Bertz CT molecular complexity index is 479. The van der Waals surface area contributed by atoms with Crippen LogP contribution in [-0.4, -0.2) is 17.0 Å². The van der Waals surface area contributed by atoms with E-state index >= 15 is 0 Å². The molecular weight excluding hydrogens is 273 g/mol. The maximum atomic E-state index is 12.9. The highest BCUT2D eigenvalue weighted by atomic mass is 35.5. The van der Waals surface area contributed by atoms with Crippen molar-refractivity contribution >= 4 is 23.5 Å². The van der Waals surface area contributed by atoms with Crippen molar-refractivity contribution in [3.05, 3.63) is 34.6 Å². The molecule has 0 saturated carbocycles. The zero-order valence-electron chi connectivity index (χ0n) is 10.5. The number of hydrogen-bond donors (Lipinski definition) is 2. The molecule has 0 saturated heterocycles. The third kappa shape index (κ3) is 5.70. The van der Waals surface area contributed by atoms with Gasteiger partial charge in [0.25, 0.3) is 0 Å². The van der Waals surface area contributed by atoms with E-state index in [0.29, 0.717) is 5.56 Å². The van der Waals surface area contributed by atoms with Crippen molar-refractivity contribution < 1.29 is 19.1 Å². The van der Waals surface area contributed by atoms with Crippen molar-refractivity contribution in [1.82, 2.24) is 5.32 Å². The van der Waals surface area contributed by atoms with E-state index in [4.69, 9.17) is 16.7 Å². The smallest absolute Gasteiger partial charge is 0.303 e. The van der Waals surface area contributed by atoms with Crippen LogP contribution in [0.25, 0.3) is 0 Å². The Morgan fingerprint density at radius 3 is 2.68 bits per heavy atom. The lowest BCUT2D eigenvalue weighted by atomic mass is 10.0. The number of hydrogen-bond acceptors (Lipinski definition) is 2. The van der Waals surface area contributed by atoms with Crippen LogP contribution in [0.2, 0.25) is 5.02 Å². The number of amides is 1. The normalized spacial score (nSPS) is 11.9. The summed E-state index contributed by atoms with van der Waals surface area (Å²) in [6.07, 6.45) is 0.0943. The number of carboxylic acid groups (broad SMARTS) is 1. The maximum Gasteiger partial charge on any atom is 0.303 e. The maximum absolute atomic E-state index is 12.9.